The van der Waals surface area contributed by atoms with Gasteiger partial charge in [-0.15, -0.1) is 0 Å². The SMILES string of the molecule is C=[C]=[Ru+2]([c]1ccccc1)(=[c]1n(C(C)C)ccn1C(C)C)=[c]1n(C(C)C)ccn1C(C)C.[Cl-].[Cl-]. The summed E-state index contributed by atoms with van der Waals surface area (Å²) in [5, 5.41) is 0. The van der Waals surface area contributed by atoms with Gasteiger partial charge < -0.3 is 24.8 Å². The van der Waals surface area contributed by atoms with Crippen molar-refractivity contribution in [3.05, 3.63) is 69.7 Å². The van der Waals surface area contributed by atoms with E-state index < -0.39 is 13.4 Å². The largest absolute Gasteiger partial charge is 1.00 e. The number of hydrogen-bond donors (Lipinski definition) is 0. The van der Waals surface area contributed by atoms with Crippen molar-refractivity contribution in [2.24, 2.45) is 0 Å². The second-order valence-electron chi connectivity index (χ2n) is 9.05. The number of nitrogens with zero attached hydrogens (tertiary/aromatic N) is 4. The summed E-state index contributed by atoms with van der Waals surface area (Å²) in [5.41, 5.74) is 0. The Balaban J connectivity index is 0.00000272. The Labute approximate surface area is 213 Å². The molecular weight excluding hydrogens is 540 g/mol. The minimum absolute atomic E-state index is 0. The van der Waals surface area contributed by atoms with E-state index in [1.807, 2.05) is 0 Å². The fraction of sp³-hybridized carbons (Fsp3) is 0.462. The van der Waals surface area contributed by atoms with Crippen molar-refractivity contribution in [1.82, 2.24) is 18.3 Å². The molecule has 0 unspecified atom stereocenters. The molecule has 0 radical (unpaired) electrons. The van der Waals surface area contributed by atoms with Crippen LogP contribution in [0.15, 0.2) is 61.7 Å². The molecule has 4 nitrogen and oxygen atoms in total. The first-order valence-electron chi connectivity index (χ1n) is 11.2. The number of rotatable bonds is 5. The number of halogens is 2. The molecule has 0 spiro atoms. The van der Waals surface area contributed by atoms with Crippen molar-refractivity contribution < 1.29 is 38.2 Å². The Hall–Kier alpha value is -1.51. The van der Waals surface area contributed by atoms with Crippen molar-refractivity contribution in [3.63, 3.8) is 0 Å². The Kier molecular flexibility index (Phi) is 10.5. The van der Waals surface area contributed by atoms with Crippen LogP contribution in [0.3, 0.4) is 0 Å². The topological polar surface area (TPSA) is 19.7 Å². The van der Waals surface area contributed by atoms with Crippen LogP contribution >= 0.6 is 0 Å². The minimum atomic E-state index is -3.20. The van der Waals surface area contributed by atoms with Crippen LogP contribution in [0.4, 0.5) is 0 Å². The minimum Gasteiger partial charge on any atom is -1.00 e. The zero-order valence-corrected chi connectivity index (χ0v) is 24.4. The second-order valence-corrected chi connectivity index (χ2v) is 14.8. The van der Waals surface area contributed by atoms with E-state index in [9.17, 15) is 0 Å². The first-order chi connectivity index (χ1) is 14.7. The van der Waals surface area contributed by atoms with Gasteiger partial charge in [0.05, 0.1) is 0 Å². The molecule has 33 heavy (non-hydrogen) atoms. The standard InChI is InChI=1S/2C9H16N2.C6H5.C2H2.2ClH.Ru/c2*1-8(2)10-5-6-11(7-10)9(3)4;1-2-4-6-5-3-1;1-2;;;/h2*5-6,8-9H,1-4H3;1-5H;1H2;2*1H;/q;;;;;;+2/p-2. The summed E-state index contributed by atoms with van der Waals surface area (Å²) in [4.78, 5) is 0. The molecule has 0 aliphatic carbocycles. The summed E-state index contributed by atoms with van der Waals surface area (Å²) in [5.74, 6) is 0. The van der Waals surface area contributed by atoms with Crippen LogP contribution in [0.2, 0.25) is 0 Å². The quantitative estimate of drug-likeness (QED) is 0.381. The van der Waals surface area contributed by atoms with E-state index in [4.69, 9.17) is 0 Å². The molecule has 0 aliphatic rings. The zero-order chi connectivity index (χ0) is 22.9. The molecule has 0 saturated heterocycles. The van der Waals surface area contributed by atoms with Crippen molar-refractivity contribution in [1.29, 1.82) is 0 Å². The maximum absolute atomic E-state index is 4.42. The monoisotopic (exact) mass is 579 g/mol. The molecule has 185 valence electrons. The van der Waals surface area contributed by atoms with Crippen LogP contribution in [0.1, 0.15) is 79.6 Å². The predicted octanol–water partition coefficient (Wildman–Crippen LogP) is 0.0549. The average Bonchev–Trinajstić information content (AvgIpc) is 3.36. The molecule has 0 atom stereocenters. The number of hydrogen-bond acceptors (Lipinski definition) is 0. The first-order valence-corrected chi connectivity index (χ1v) is 14.7. The van der Waals surface area contributed by atoms with Crippen molar-refractivity contribution in [3.8, 4) is 0 Å². The third-order valence-electron chi connectivity index (χ3n) is 5.52. The van der Waals surface area contributed by atoms with Gasteiger partial charge in [0.2, 0.25) is 0 Å². The predicted molar refractivity (Wildman–Crippen MR) is 130 cm³/mol. The van der Waals surface area contributed by atoms with Gasteiger partial charge in [0, 0.05) is 0 Å². The van der Waals surface area contributed by atoms with E-state index in [0.717, 1.165) is 0 Å². The van der Waals surface area contributed by atoms with Crippen LogP contribution in [-0.2, 0) is 13.4 Å². The van der Waals surface area contributed by atoms with Crippen LogP contribution in [0.25, 0.3) is 0 Å². The molecule has 0 N–H and O–H groups in total. The molecule has 0 bridgehead atoms. The number of imidazole rings is 2. The van der Waals surface area contributed by atoms with Crippen LogP contribution < -0.4 is 29.0 Å². The van der Waals surface area contributed by atoms with E-state index >= 15 is 0 Å². The van der Waals surface area contributed by atoms with E-state index in [0.29, 0.717) is 24.2 Å². The van der Waals surface area contributed by atoms with Gasteiger partial charge in [-0.3, -0.25) is 0 Å². The summed E-state index contributed by atoms with van der Waals surface area (Å²) in [7, 11) is 0. The van der Waals surface area contributed by atoms with Crippen LogP contribution in [-0.4, -0.2) is 22.5 Å². The second kappa shape index (κ2) is 11.8. The summed E-state index contributed by atoms with van der Waals surface area (Å²) in [6.07, 6.45) is 8.99. The zero-order valence-electron chi connectivity index (χ0n) is 21.1. The van der Waals surface area contributed by atoms with Crippen molar-refractivity contribution >= 4 is 8.42 Å². The molecule has 0 fully saturated rings. The van der Waals surface area contributed by atoms with Gasteiger partial charge in [-0.05, 0) is 0 Å². The molecule has 3 aromatic rings. The maximum atomic E-state index is 4.42. The molecule has 7 heteroatoms. The van der Waals surface area contributed by atoms with Crippen LogP contribution in [0.5, 0.6) is 0 Å². The van der Waals surface area contributed by atoms with Gasteiger partial charge in [0.15, 0.2) is 0 Å². The Morgan fingerprint density at radius 3 is 1.15 bits per heavy atom. The Morgan fingerprint density at radius 1 is 0.606 bits per heavy atom. The number of aromatic nitrogens is 4. The van der Waals surface area contributed by atoms with Crippen molar-refractivity contribution in [2.75, 3.05) is 0 Å². The van der Waals surface area contributed by atoms with Gasteiger partial charge >= 0.3 is 189 Å². The van der Waals surface area contributed by atoms with E-state index in [-0.39, 0.29) is 24.8 Å². The van der Waals surface area contributed by atoms with Gasteiger partial charge in [0.1, 0.15) is 0 Å². The smallest absolute Gasteiger partial charge is 1.00 e. The number of benzene rings is 1. The molecule has 0 amide bonds. The third kappa shape index (κ3) is 5.13. The molecular formula is C26H39Cl2N4Ru. The van der Waals surface area contributed by atoms with E-state index in [1.54, 1.807) is 0 Å². The summed E-state index contributed by atoms with van der Waals surface area (Å²) >= 11 is -3.20. The van der Waals surface area contributed by atoms with Gasteiger partial charge in [-0.1, -0.05) is 0 Å². The fourth-order valence-electron chi connectivity index (χ4n) is 3.88. The van der Waals surface area contributed by atoms with Gasteiger partial charge in [0.25, 0.3) is 0 Å². The van der Waals surface area contributed by atoms with Gasteiger partial charge in [-0.2, -0.15) is 0 Å². The molecule has 2 heterocycles. The Bertz CT molecular complexity index is 1220. The Morgan fingerprint density at radius 2 is 0.909 bits per heavy atom. The summed E-state index contributed by atoms with van der Waals surface area (Å²) in [6.45, 7) is 22.6. The summed E-state index contributed by atoms with van der Waals surface area (Å²) in [6, 6.07) is 12.4. The van der Waals surface area contributed by atoms with Crippen LogP contribution in [0, 0.1) is 8.03 Å². The fourth-order valence-corrected chi connectivity index (χ4v) is 12.2. The maximum Gasteiger partial charge on any atom is -1.00 e. The molecule has 0 saturated carbocycles. The average molecular weight is 580 g/mol. The molecule has 1 aromatic carbocycles. The third-order valence-corrected chi connectivity index (χ3v) is 12.7. The summed E-state index contributed by atoms with van der Waals surface area (Å²) < 4.78 is 17.6. The van der Waals surface area contributed by atoms with E-state index in [1.165, 1.54) is 12.2 Å². The molecule has 3 rings (SSSR count). The molecule has 2 aromatic heterocycles. The van der Waals surface area contributed by atoms with Crippen molar-refractivity contribution in [2.45, 2.75) is 79.6 Å². The molecule has 0 aliphatic heterocycles. The normalized spacial score (nSPS) is 11.6. The first kappa shape index (κ1) is 29.5. The van der Waals surface area contributed by atoms with Gasteiger partial charge in [-0.25, -0.2) is 0 Å². The van der Waals surface area contributed by atoms with E-state index in [2.05, 4.69) is 140 Å².